The lowest BCUT2D eigenvalue weighted by atomic mass is 10.2. The third-order valence-electron chi connectivity index (χ3n) is 3.54. The Morgan fingerprint density at radius 3 is 2.82 bits per heavy atom. The highest BCUT2D eigenvalue weighted by atomic mass is 32.1. The van der Waals surface area contributed by atoms with Gasteiger partial charge in [0.1, 0.15) is 5.82 Å². The minimum absolute atomic E-state index is 0.221. The van der Waals surface area contributed by atoms with Crippen LogP contribution in [0.4, 0.5) is 4.39 Å². The van der Waals surface area contributed by atoms with Gasteiger partial charge in [0.15, 0.2) is 5.82 Å². The minimum Gasteiger partial charge on any atom is -0.319 e. The summed E-state index contributed by atoms with van der Waals surface area (Å²) in [5, 5.41) is 0. The number of halogens is 1. The summed E-state index contributed by atoms with van der Waals surface area (Å²) in [6, 6.07) is 14.7. The average molecular weight is 309 g/mol. The summed E-state index contributed by atoms with van der Waals surface area (Å²) in [6.07, 6.45) is 1.81. The number of hydrogen-bond acceptors (Lipinski definition) is 3. The summed E-state index contributed by atoms with van der Waals surface area (Å²) in [6.45, 7) is 0.575. The van der Waals surface area contributed by atoms with Gasteiger partial charge < -0.3 is 4.57 Å². The SMILES string of the molecule is Fc1cccc(Cn2c(-c3cncs3)nc3ccccc32)c1. The summed E-state index contributed by atoms with van der Waals surface area (Å²) in [4.78, 5) is 9.86. The smallest absolute Gasteiger partial charge is 0.153 e. The third kappa shape index (κ3) is 2.29. The van der Waals surface area contributed by atoms with E-state index in [0.717, 1.165) is 27.3 Å². The Hall–Kier alpha value is -2.53. The van der Waals surface area contributed by atoms with E-state index in [1.165, 1.54) is 6.07 Å². The molecule has 4 aromatic rings. The molecule has 0 aliphatic rings. The molecule has 3 nitrogen and oxygen atoms in total. The summed E-state index contributed by atoms with van der Waals surface area (Å²) < 4.78 is 15.6. The molecule has 0 saturated heterocycles. The van der Waals surface area contributed by atoms with Crippen molar-refractivity contribution in [3.63, 3.8) is 0 Å². The molecular weight excluding hydrogens is 297 g/mol. The fourth-order valence-electron chi connectivity index (χ4n) is 2.57. The number of rotatable bonds is 3. The number of aromatic nitrogens is 3. The summed E-state index contributed by atoms with van der Waals surface area (Å²) in [5.41, 5.74) is 4.67. The van der Waals surface area contributed by atoms with Crippen LogP contribution >= 0.6 is 11.3 Å². The maximum absolute atomic E-state index is 13.5. The van der Waals surface area contributed by atoms with Crippen molar-refractivity contribution in [1.29, 1.82) is 0 Å². The van der Waals surface area contributed by atoms with Gasteiger partial charge in [-0.15, -0.1) is 11.3 Å². The van der Waals surface area contributed by atoms with Crippen LogP contribution in [0.25, 0.3) is 21.7 Å². The lowest BCUT2D eigenvalue weighted by molar-refractivity contribution is 0.624. The molecule has 0 radical (unpaired) electrons. The van der Waals surface area contributed by atoms with Gasteiger partial charge in [-0.25, -0.2) is 9.37 Å². The molecule has 2 aromatic carbocycles. The van der Waals surface area contributed by atoms with E-state index in [0.29, 0.717) is 6.54 Å². The van der Waals surface area contributed by atoms with E-state index in [9.17, 15) is 4.39 Å². The van der Waals surface area contributed by atoms with E-state index >= 15 is 0 Å². The first-order chi connectivity index (χ1) is 10.8. The second kappa shape index (κ2) is 5.35. The van der Waals surface area contributed by atoms with E-state index in [-0.39, 0.29) is 5.82 Å². The Morgan fingerprint density at radius 2 is 2.00 bits per heavy atom. The van der Waals surface area contributed by atoms with Crippen LogP contribution < -0.4 is 0 Å². The van der Waals surface area contributed by atoms with Crippen LogP contribution in [0.3, 0.4) is 0 Å². The fourth-order valence-corrected chi connectivity index (χ4v) is 3.19. The normalized spacial score (nSPS) is 11.1. The number of hydrogen-bond donors (Lipinski definition) is 0. The van der Waals surface area contributed by atoms with Crippen molar-refractivity contribution in [3.8, 4) is 10.7 Å². The van der Waals surface area contributed by atoms with Crippen LogP contribution in [0.5, 0.6) is 0 Å². The molecule has 5 heteroatoms. The standard InChI is InChI=1S/C17H12FN3S/c18-13-5-3-4-12(8-13)10-21-15-7-2-1-6-14(15)20-17(21)16-9-19-11-22-16/h1-9,11H,10H2. The molecule has 0 atom stereocenters. The summed E-state index contributed by atoms with van der Waals surface area (Å²) in [5.74, 6) is 0.647. The highest BCUT2D eigenvalue weighted by Gasteiger charge is 2.14. The molecule has 4 rings (SSSR count). The van der Waals surface area contributed by atoms with Gasteiger partial charge >= 0.3 is 0 Å². The molecule has 0 saturated carbocycles. The molecule has 2 aromatic heterocycles. The van der Waals surface area contributed by atoms with Gasteiger partial charge in [-0.1, -0.05) is 24.3 Å². The minimum atomic E-state index is -0.221. The van der Waals surface area contributed by atoms with Crippen molar-refractivity contribution in [1.82, 2.24) is 14.5 Å². The van der Waals surface area contributed by atoms with E-state index < -0.39 is 0 Å². The monoisotopic (exact) mass is 309 g/mol. The van der Waals surface area contributed by atoms with Gasteiger partial charge in [0.05, 0.1) is 21.4 Å². The molecule has 22 heavy (non-hydrogen) atoms. The zero-order valence-electron chi connectivity index (χ0n) is 11.6. The van der Waals surface area contributed by atoms with E-state index in [1.54, 1.807) is 29.0 Å². The van der Waals surface area contributed by atoms with E-state index in [1.807, 2.05) is 36.5 Å². The van der Waals surface area contributed by atoms with E-state index in [4.69, 9.17) is 4.98 Å². The van der Waals surface area contributed by atoms with Crippen LogP contribution in [0.2, 0.25) is 0 Å². The number of para-hydroxylation sites is 2. The molecule has 0 bridgehead atoms. The van der Waals surface area contributed by atoms with Gasteiger partial charge in [-0.3, -0.25) is 4.98 Å². The molecule has 0 aliphatic carbocycles. The van der Waals surface area contributed by atoms with Crippen molar-refractivity contribution < 1.29 is 4.39 Å². The average Bonchev–Trinajstić information content (AvgIpc) is 3.15. The quantitative estimate of drug-likeness (QED) is 0.563. The first-order valence-electron chi connectivity index (χ1n) is 6.90. The number of benzene rings is 2. The highest BCUT2D eigenvalue weighted by Crippen LogP contribution is 2.28. The maximum Gasteiger partial charge on any atom is 0.153 e. The molecular formula is C17H12FN3S. The number of nitrogens with zero attached hydrogens (tertiary/aromatic N) is 3. The van der Waals surface area contributed by atoms with Crippen molar-refractivity contribution in [2.45, 2.75) is 6.54 Å². The lowest BCUT2D eigenvalue weighted by Crippen LogP contribution is -2.02. The lowest BCUT2D eigenvalue weighted by Gasteiger charge is -2.08. The molecule has 0 N–H and O–H groups in total. The fraction of sp³-hybridized carbons (Fsp3) is 0.0588. The largest absolute Gasteiger partial charge is 0.319 e. The summed E-state index contributed by atoms with van der Waals surface area (Å²) in [7, 11) is 0. The first-order valence-corrected chi connectivity index (χ1v) is 7.78. The molecule has 0 fully saturated rings. The maximum atomic E-state index is 13.5. The zero-order chi connectivity index (χ0) is 14.9. The molecule has 2 heterocycles. The van der Waals surface area contributed by atoms with Gasteiger partial charge in [0.2, 0.25) is 0 Å². The van der Waals surface area contributed by atoms with Crippen LogP contribution in [-0.4, -0.2) is 14.5 Å². The second-order valence-corrected chi connectivity index (χ2v) is 5.89. The van der Waals surface area contributed by atoms with Gasteiger partial charge in [-0.2, -0.15) is 0 Å². The topological polar surface area (TPSA) is 30.7 Å². The Balaban J connectivity index is 1.89. The molecule has 0 unspecified atom stereocenters. The Morgan fingerprint density at radius 1 is 1.09 bits per heavy atom. The predicted molar refractivity (Wildman–Crippen MR) is 86.3 cm³/mol. The van der Waals surface area contributed by atoms with Crippen molar-refractivity contribution in [2.24, 2.45) is 0 Å². The van der Waals surface area contributed by atoms with Crippen LogP contribution in [0.15, 0.2) is 60.2 Å². The Kier molecular flexibility index (Phi) is 3.20. The van der Waals surface area contributed by atoms with Crippen molar-refractivity contribution >= 4 is 22.4 Å². The van der Waals surface area contributed by atoms with Crippen molar-refractivity contribution in [2.75, 3.05) is 0 Å². The first kappa shape index (κ1) is 13.2. The predicted octanol–water partition coefficient (Wildman–Crippen LogP) is 4.35. The second-order valence-electron chi connectivity index (χ2n) is 5.01. The van der Waals surface area contributed by atoms with Crippen LogP contribution in [-0.2, 0) is 6.54 Å². The molecule has 0 spiro atoms. The van der Waals surface area contributed by atoms with Gasteiger partial charge in [0, 0.05) is 12.7 Å². The van der Waals surface area contributed by atoms with Gasteiger partial charge in [-0.05, 0) is 29.8 Å². The van der Waals surface area contributed by atoms with Crippen LogP contribution in [0, 0.1) is 5.82 Å². The number of fused-ring (bicyclic) bond motifs is 1. The zero-order valence-corrected chi connectivity index (χ0v) is 12.4. The van der Waals surface area contributed by atoms with Crippen molar-refractivity contribution in [3.05, 3.63) is 71.6 Å². The number of thiazole rings is 1. The molecule has 0 amide bonds. The molecule has 0 aliphatic heterocycles. The number of imidazole rings is 1. The van der Waals surface area contributed by atoms with Crippen LogP contribution in [0.1, 0.15) is 5.56 Å². The van der Waals surface area contributed by atoms with Gasteiger partial charge in [0.25, 0.3) is 0 Å². The Labute approximate surface area is 130 Å². The molecule has 108 valence electrons. The third-order valence-corrected chi connectivity index (χ3v) is 4.31. The highest BCUT2D eigenvalue weighted by molar-refractivity contribution is 7.13. The summed E-state index contributed by atoms with van der Waals surface area (Å²) >= 11 is 1.55. The Bertz CT molecular complexity index is 928. The van der Waals surface area contributed by atoms with E-state index in [2.05, 4.69) is 9.55 Å².